The summed E-state index contributed by atoms with van der Waals surface area (Å²) in [6.45, 7) is 8.05. The fraction of sp³-hybridized carbons (Fsp3) is 0.833. The number of quaternary nitrogens is 1. The van der Waals surface area contributed by atoms with Crippen LogP contribution in [-0.2, 0) is 0 Å². The van der Waals surface area contributed by atoms with Gasteiger partial charge in [0.05, 0.1) is 12.8 Å². The molecule has 122 valence electrons. The molecule has 0 aliphatic carbocycles. The lowest BCUT2D eigenvalue weighted by atomic mass is 10.1. The fourth-order valence-electron chi connectivity index (χ4n) is 3.16. The van der Waals surface area contributed by atoms with E-state index in [0.717, 1.165) is 19.5 Å². The van der Waals surface area contributed by atoms with Crippen LogP contribution in [-0.4, -0.2) is 41.3 Å². The van der Waals surface area contributed by atoms with E-state index in [1.807, 2.05) is 13.1 Å². The number of unbranched alkanes of at least 4 members (excludes halogenated alkanes) is 7. The molecule has 0 saturated heterocycles. The molecule has 0 saturated carbocycles. The number of likely N-dealkylation sites (N-methyl/N-ethyl adjacent to an activating group) is 1. The van der Waals surface area contributed by atoms with Crippen LogP contribution in [0.1, 0.15) is 72.1 Å². The van der Waals surface area contributed by atoms with Gasteiger partial charge in [-0.15, -0.1) is 0 Å². The van der Waals surface area contributed by atoms with Crippen molar-refractivity contribution in [3.8, 4) is 0 Å². The van der Waals surface area contributed by atoms with Gasteiger partial charge in [-0.25, -0.2) is 4.99 Å². The van der Waals surface area contributed by atoms with E-state index in [1.165, 1.54) is 44.9 Å². The summed E-state index contributed by atoms with van der Waals surface area (Å²) in [6, 6.07) is 0. The molecule has 3 atom stereocenters. The molecule has 0 aromatic rings. The Labute approximate surface area is 131 Å². The number of rotatable bonds is 11. The average molecular weight is 295 g/mol. The highest BCUT2D eigenvalue weighted by Crippen LogP contribution is 2.23. The van der Waals surface area contributed by atoms with Crippen LogP contribution in [0.4, 0.5) is 0 Å². The van der Waals surface area contributed by atoms with Crippen LogP contribution in [0.5, 0.6) is 0 Å². The number of aliphatic imine (C=N–C) groups is 1. The average Bonchev–Trinajstić information content (AvgIpc) is 2.89. The first kappa shape index (κ1) is 18.4. The highest BCUT2D eigenvalue weighted by atomic mass is 16.3. The zero-order valence-electron chi connectivity index (χ0n) is 14.3. The summed E-state index contributed by atoms with van der Waals surface area (Å²) in [5, 5.41) is 10.1. The Bertz CT molecular complexity index is 325. The second-order valence-corrected chi connectivity index (χ2v) is 6.32. The van der Waals surface area contributed by atoms with Crippen LogP contribution in [0.15, 0.2) is 17.1 Å². The van der Waals surface area contributed by atoms with Gasteiger partial charge in [0.15, 0.2) is 6.23 Å². The Kier molecular flexibility index (Phi) is 8.86. The van der Waals surface area contributed by atoms with Crippen LogP contribution in [0, 0.1) is 0 Å². The predicted octanol–water partition coefficient (Wildman–Crippen LogP) is 4.27. The first-order valence-corrected chi connectivity index (χ1v) is 8.90. The molecule has 3 heteroatoms. The topological polar surface area (TPSA) is 32.6 Å². The maximum absolute atomic E-state index is 10.1. The fourth-order valence-corrected chi connectivity index (χ4v) is 3.16. The lowest BCUT2D eigenvalue weighted by molar-refractivity contribution is -0.970. The quantitative estimate of drug-likeness (QED) is 0.345. The second-order valence-electron chi connectivity index (χ2n) is 6.32. The van der Waals surface area contributed by atoms with Crippen molar-refractivity contribution >= 4 is 6.21 Å². The number of hydrogen-bond donors (Lipinski definition) is 1. The zero-order valence-corrected chi connectivity index (χ0v) is 14.3. The zero-order chi connectivity index (χ0) is 15.6. The normalized spacial score (nSPS) is 26.8. The number of aliphatic hydroxyl groups is 1. The third-order valence-electron chi connectivity index (χ3n) is 4.82. The lowest BCUT2D eigenvalue weighted by Gasteiger charge is -2.39. The third-order valence-corrected chi connectivity index (χ3v) is 4.82. The van der Waals surface area contributed by atoms with Crippen LogP contribution >= 0.6 is 0 Å². The molecule has 21 heavy (non-hydrogen) atoms. The molecule has 1 aliphatic rings. The standard InChI is InChI=1S/C18H35N2O/c1-4-6-7-8-9-10-11-12-13-14-18-19-15-16-20(18,5-2)17(3)21/h13-15,17-18,21H,4-12,16H2,1-3H3/q+1/b14-13+. The number of nitrogens with zero attached hydrogens (tertiary/aromatic N) is 2. The second kappa shape index (κ2) is 10.1. The summed E-state index contributed by atoms with van der Waals surface area (Å²) in [6.07, 6.45) is 16.8. The Hall–Kier alpha value is -0.670. The molecule has 1 rings (SSSR count). The van der Waals surface area contributed by atoms with Crippen molar-refractivity contribution in [2.75, 3.05) is 13.1 Å². The van der Waals surface area contributed by atoms with E-state index in [9.17, 15) is 5.11 Å². The predicted molar refractivity (Wildman–Crippen MR) is 91.4 cm³/mol. The van der Waals surface area contributed by atoms with Crippen molar-refractivity contribution in [1.82, 2.24) is 0 Å². The first-order chi connectivity index (χ1) is 10.2. The van der Waals surface area contributed by atoms with Crippen LogP contribution < -0.4 is 0 Å². The molecular weight excluding hydrogens is 260 g/mol. The van der Waals surface area contributed by atoms with Gasteiger partial charge < -0.3 is 5.11 Å². The minimum atomic E-state index is -0.356. The molecule has 0 amide bonds. The van der Waals surface area contributed by atoms with E-state index >= 15 is 0 Å². The minimum absolute atomic E-state index is 0.111. The molecule has 0 spiro atoms. The van der Waals surface area contributed by atoms with Gasteiger partial charge in [0.1, 0.15) is 6.54 Å². The van der Waals surface area contributed by atoms with Gasteiger partial charge in [-0.2, -0.15) is 0 Å². The van der Waals surface area contributed by atoms with Gasteiger partial charge in [-0.05, 0) is 25.8 Å². The highest BCUT2D eigenvalue weighted by molar-refractivity contribution is 5.60. The van der Waals surface area contributed by atoms with Crippen LogP contribution in [0.25, 0.3) is 0 Å². The monoisotopic (exact) mass is 295 g/mol. The van der Waals surface area contributed by atoms with Crippen molar-refractivity contribution in [1.29, 1.82) is 0 Å². The Morgan fingerprint density at radius 2 is 1.86 bits per heavy atom. The first-order valence-electron chi connectivity index (χ1n) is 8.90. The molecule has 3 unspecified atom stereocenters. The number of hydrogen-bond acceptors (Lipinski definition) is 2. The van der Waals surface area contributed by atoms with Crippen molar-refractivity contribution in [2.45, 2.75) is 84.5 Å². The van der Waals surface area contributed by atoms with E-state index < -0.39 is 0 Å². The van der Waals surface area contributed by atoms with Crippen molar-refractivity contribution in [3.05, 3.63) is 12.2 Å². The summed E-state index contributed by atoms with van der Waals surface area (Å²) in [5.74, 6) is 0. The largest absolute Gasteiger partial charge is 0.345 e. The van der Waals surface area contributed by atoms with Crippen LogP contribution in [0.3, 0.4) is 0 Å². The van der Waals surface area contributed by atoms with Gasteiger partial charge in [-0.1, -0.05) is 51.5 Å². The van der Waals surface area contributed by atoms with E-state index in [4.69, 9.17) is 0 Å². The van der Waals surface area contributed by atoms with E-state index in [-0.39, 0.29) is 12.4 Å². The number of aliphatic hydroxyl groups excluding tert-OH is 1. The highest BCUT2D eigenvalue weighted by Gasteiger charge is 2.40. The van der Waals surface area contributed by atoms with Crippen LogP contribution in [0.2, 0.25) is 0 Å². The van der Waals surface area contributed by atoms with Crippen molar-refractivity contribution in [2.24, 2.45) is 4.99 Å². The molecule has 0 bridgehead atoms. The van der Waals surface area contributed by atoms with E-state index in [0.29, 0.717) is 4.48 Å². The van der Waals surface area contributed by atoms with Gasteiger partial charge >= 0.3 is 0 Å². The molecule has 0 fully saturated rings. The number of allylic oxidation sites excluding steroid dienone is 1. The third kappa shape index (κ3) is 5.55. The Balaban J connectivity index is 2.22. The Morgan fingerprint density at radius 1 is 1.19 bits per heavy atom. The smallest absolute Gasteiger partial charge is 0.204 e. The maximum Gasteiger partial charge on any atom is 0.204 e. The minimum Gasteiger partial charge on any atom is -0.345 e. The van der Waals surface area contributed by atoms with Gasteiger partial charge in [0.25, 0.3) is 0 Å². The lowest BCUT2D eigenvalue weighted by Crippen LogP contribution is -2.57. The molecule has 1 N–H and O–H groups in total. The molecule has 1 heterocycles. The van der Waals surface area contributed by atoms with Gasteiger partial charge in [-0.3, -0.25) is 4.48 Å². The summed E-state index contributed by atoms with van der Waals surface area (Å²) in [5.41, 5.74) is 0. The summed E-state index contributed by atoms with van der Waals surface area (Å²) in [7, 11) is 0. The summed E-state index contributed by atoms with van der Waals surface area (Å²) >= 11 is 0. The van der Waals surface area contributed by atoms with Crippen molar-refractivity contribution in [3.63, 3.8) is 0 Å². The van der Waals surface area contributed by atoms with E-state index in [2.05, 4.69) is 31.0 Å². The summed E-state index contributed by atoms with van der Waals surface area (Å²) in [4.78, 5) is 4.55. The Morgan fingerprint density at radius 3 is 2.48 bits per heavy atom. The molecule has 0 radical (unpaired) electrons. The van der Waals surface area contributed by atoms with Gasteiger partial charge in [0, 0.05) is 6.92 Å². The molecular formula is C18H35N2O+. The maximum atomic E-state index is 10.1. The molecule has 0 aromatic heterocycles. The molecule has 3 nitrogen and oxygen atoms in total. The summed E-state index contributed by atoms with van der Waals surface area (Å²) < 4.78 is 0.660. The molecule has 1 aliphatic heterocycles. The van der Waals surface area contributed by atoms with Gasteiger partial charge in [0.2, 0.25) is 6.17 Å². The molecule has 0 aromatic carbocycles. The van der Waals surface area contributed by atoms with Crippen molar-refractivity contribution < 1.29 is 9.59 Å². The SMILES string of the molecule is CCCCCCCCC/C=C/C1N=CC[N+]1(CC)C(C)O. The van der Waals surface area contributed by atoms with E-state index in [1.54, 1.807) is 0 Å².